The molecule has 184 valence electrons. The number of aromatic nitrogens is 4. The Morgan fingerprint density at radius 1 is 0.833 bits per heavy atom. The van der Waals surface area contributed by atoms with Crippen LogP contribution in [-0.4, -0.2) is 62.7 Å². The maximum atomic E-state index is 15.3. The molecule has 7 heteroatoms. The zero-order valence-electron chi connectivity index (χ0n) is 20.8. The maximum Gasteiger partial charge on any atom is 0.190 e. The van der Waals surface area contributed by atoms with Crippen LogP contribution in [0.3, 0.4) is 0 Å². The van der Waals surface area contributed by atoms with Gasteiger partial charge in [0.1, 0.15) is 5.82 Å². The number of nitrogens with zero attached hydrogens (tertiary/aromatic N) is 6. The monoisotopic (exact) mass is 482 g/mol. The van der Waals surface area contributed by atoms with Crippen molar-refractivity contribution in [1.29, 1.82) is 0 Å². The van der Waals surface area contributed by atoms with E-state index in [0.717, 1.165) is 55.1 Å². The summed E-state index contributed by atoms with van der Waals surface area (Å²) in [7, 11) is 0. The molecule has 0 atom stereocenters. The number of benzene rings is 3. The van der Waals surface area contributed by atoms with Gasteiger partial charge in [0, 0.05) is 39.3 Å². The van der Waals surface area contributed by atoms with Gasteiger partial charge in [0.15, 0.2) is 5.82 Å². The van der Waals surface area contributed by atoms with Gasteiger partial charge in [-0.25, -0.2) is 4.39 Å². The number of rotatable bonds is 7. The highest BCUT2D eigenvalue weighted by Crippen LogP contribution is 2.29. The first-order chi connectivity index (χ1) is 17.6. The Bertz CT molecular complexity index is 1320. The van der Waals surface area contributed by atoms with Crippen molar-refractivity contribution in [2.75, 3.05) is 32.7 Å². The minimum atomic E-state index is -0.306. The van der Waals surface area contributed by atoms with E-state index in [9.17, 15) is 0 Å². The highest BCUT2D eigenvalue weighted by Gasteiger charge is 2.23. The fraction of sp³-hybridized carbons (Fsp3) is 0.276. The molecule has 0 spiro atoms. The predicted molar refractivity (Wildman–Crippen MR) is 141 cm³/mol. The normalized spacial score (nSPS) is 15.1. The molecule has 1 saturated heterocycles. The molecule has 0 saturated carbocycles. The summed E-state index contributed by atoms with van der Waals surface area (Å²) in [5, 5.41) is 12.4. The number of tetrazole rings is 1. The lowest BCUT2D eigenvalue weighted by atomic mass is 10.0. The maximum absolute atomic E-state index is 15.3. The van der Waals surface area contributed by atoms with Gasteiger partial charge in [-0.15, -0.1) is 5.10 Å². The first-order valence-corrected chi connectivity index (χ1v) is 12.4. The molecular formula is C29H31FN6. The molecule has 2 heterocycles. The largest absolute Gasteiger partial charge is 0.297 e. The molecule has 0 radical (unpaired) electrons. The lowest BCUT2D eigenvalue weighted by Crippen LogP contribution is -2.45. The van der Waals surface area contributed by atoms with E-state index in [1.54, 1.807) is 10.7 Å². The molecular weight excluding hydrogens is 451 g/mol. The number of aryl methyl sites for hydroxylation is 2. The Balaban J connectivity index is 1.30. The quantitative estimate of drug-likeness (QED) is 0.374. The lowest BCUT2D eigenvalue weighted by molar-refractivity contribution is 0.137. The topological polar surface area (TPSA) is 50.1 Å². The van der Waals surface area contributed by atoms with Gasteiger partial charge in [-0.1, -0.05) is 72.8 Å². The fourth-order valence-corrected chi connectivity index (χ4v) is 4.86. The second-order valence-electron chi connectivity index (χ2n) is 9.32. The van der Waals surface area contributed by atoms with Crippen LogP contribution in [0.1, 0.15) is 22.3 Å². The van der Waals surface area contributed by atoms with Crippen molar-refractivity contribution in [3.8, 4) is 17.1 Å². The van der Waals surface area contributed by atoms with Crippen molar-refractivity contribution >= 4 is 6.08 Å². The van der Waals surface area contributed by atoms with Gasteiger partial charge in [0.25, 0.3) is 0 Å². The van der Waals surface area contributed by atoms with Crippen molar-refractivity contribution in [2.45, 2.75) is 20.4 Å². The van der Waals surface area contributed by atoms with E-state index in [-0.39, 0.29) is 5.82 Å². The molecule has 1 aliphatic heterocycles. The Morgan fingerprint density at radius 2 is 1.53 bits per heavy atom. The number of piperazine rings is 1. The third-order valence-corrected chi connectivity index (χ3v) is 6.78. The van der Waals surface area contributed by atoms with Crippen LogP contribution in [0.25, 0.3) is 23.2 Å². The Kier molecular flexibility index (Phi) is 7.30. The van der Waals surface area contributed by atoms with Crippen LogP contribution in [0.4, 0.5) is 4.39 Å². The number of para-hydroxylation sites is 1. The van der Waals surface area contributed by atoms with Crippen LogP contribution >= 0.6 is 0 Å². The summed E-state index contributed by atoms with van der Waals surface area (Å²) >= 11 is 0. The summed E-state index contributed by atoms with van der Waals surface area (Å²) in [5.41, 5.74) is 5.56. The average Bonchev–Trinajstić information content (AvgIpc) is 3.34. The molecule has 1 aromatic heterocycles. The fourth-order valence-electron chi connectivity index (χ4n) is 4.86. The summed E-state index contributed by atoms with van der Waals surface area (Å²) in [6, 6.07) is 21.6. The molecule has 4 aromatic rings. The van der Waals surface area contributed by atoms with Crippen LogP contribution in [0.15, 0.2) is 72.8 Å². The minimum absolute atomic E-state index is 0.306. The standard InChI is InChI=1S/C29H31FN6/c1-22-9-6-10-23(2)28(22)36-29(31-32-33-36)27-25(14-7-15-26(27)30)21-35-19-17-34(18-20-35)16-8-13-24-11-4-3-5-12-24/h3-15H,16-21H2,1-2H3. The molecule has 0 unspecified atom stereocenters. The average molecular weight is 483 g/mol. The Labute approximate surface area is 211 Å². The van der Waals surface area contributed by atoms with E-state index in [0.29, 0.717) is 17.9 Å². The summed E-state index contributed by atoms with van der Waals surface area (Å²) < 4.78 is 16.9. The van der Waals surface area contributed by atoms with Crippen molar-refractivity contribution in [2.24, 2.45) is 0 Å². The van der Waals surface area contributed by atoms with E-state index >= 15 is 4.39 Å². The van der Waals surface area contributed by atoms with Gasteiger partial charge < -0.3 is 0 Å². The van der Waals surface area contributed by atoms with Crippen molar-refractivity contribution in [1.82, 2.24) is 30.0 Å². The molecule has 3 aromatic carbocycles. The molecule has 6 nitrogen and oxygen atoms in total. The first-order valence-electron chi connectivity index (χ1n) is 12.4. The molecule has 0 amide bonds. The molecule has 0 aliphatic carbocycles. The van der Waals surface area contributed by atoms with E-state index in [4.69, 9.17) is 0 Å². The lowest BCUT2D eigenvalue weighted by Gasteiger charge is -2.34. The van der Waals surface area contributed by atoms with Crippen LogP contribution in [-0.2, 0) is 6.54 Å². The molecule has 36 heavy (non-hydrogen) atoms. The number of hydrogen-bond donors (Lipinski definition) is 0. The van der Waals surface area contributed by atoms with Gasteiger partial charge in [-0.05, 0) is 52.6 Å². The number of halogens is 1. The zero-order chi connectivity index (χ0) is 24.9. The molecule has 1 fully saturated rings. The van der Waals surface area contributed by atoms with Crippen LogP contribution in [0, 0.1) is 19.7 Å². The molecule has 1 aliphatic rings. The SMILES string of the molecule is Cc1cccc(C)c1-n1nnnc1-c1c(F)cccc1CN1CCN(CC=Cc2ccccc2)CC1. The predicted octanol–water partition coefficient (Wildman–Crippen LogP) is 4.92. The van der Waals surface area contributed by atoms with E-state index in [1.807, 2.05) is 44.2 Å². The van der Waals surface area contributed by atoms with E-state index in [1.165, 1.54) is 11.6 Å². The van der Waals surface area contributed by atoms with Crippen molar-refractivity contribution < 1.29 is 4.39 Å². The summed E-state index contributed by atoms with van der Waals surface area (Å²) in [5.74, 6) is 0.129. The van der Waals surface area contributed by atoms with Gasteiger partial charge in [0.2, 0.25) is 0 Å². The highest BCUT2D eigenvalue weighted by atomic mass is 19.1. The highest BCUT2D eigenvalue weighted by molar-refractivity contribution is 5.64. The third-order valence-electron chi connectivity index (χ3n) is 6.78. The third kappa shape index (κ3) is 5.27. The summed E-state index contributed by atoms with van der Waals surface area (Å²) in [6.45, 7) is 9.43. The molecule has 5 rings (SSSR count). The summed E-state index contributed by atoms with van der Waals surface area (Å²) in [4.78, 5) is 4.83. The van der Waals surface area contributed by atoms with Gasteiger partial charge in [-0.3, -0.25) is 9.80 Å². The smallest absolute Gasteiger partial charge is 0.190 e. The zero-order valence-corrected chi connectivity index (χ0v) is 20.8. The second-order valence-corrected chi connectivity index (χ2v) is 9.32. The number of hydrogen-bond acceptors (Lipinski definition) is 5. The second kappa shape index (κ2) is 10.9. The Hall–Kier alpha value is -3.68. The van der Waals surface area contributed by atoms with Gasteiger partial charge in [-0.2, -0.15) is 4.68 Å². The van der Waals surface area contributed by atoms with Crippen LogP contribution in [0.5, 0.6) is 0 Å². The minimum Gasteiger partial charge on any atom is -0.297 e. The first kappa shape index (κ1) is 24.0. The van der Waals surface area contributed by atoms with E-state index in [2.05, 4.69) is 61.7 Å². The molecule has 0 N–H and O–H groups in total. The van der Waals surface area contributed by atoms with Crippen molar-refractivity contribution in [3.63, 3.8) is 0 Å². The summed E-state index contributed by atoms with van der Waals surface area (Å²) in [6.07, 6.45) is 4.40. The molecule has 0 bridgehead atoms. The Morgan fingerprint density at radius 3 is 2.28 bits per heavy atom. The van der Waals surface area contributed by atoms with E-state index < -0.39 is 0 Å². The van der Waals surface area contributed by atoms with Crippen LogP contribution < -0.4 is 0 Å². The van der Waals surface area contributed by atoms with Gasteiger partial charge in [0.05, 0.1) is 11.3 Å². The van der Waals surface area contributed by atoms with Crippen LogP contribution in [0.2, 0.25) is 0 Å². The van der Waals surface area contributed by atoms with Gasteiger partial charge >= 0.3 is 0 Å². The van der Waals surface area contributed by atoms with Crippen molar-refractivity contribution in [3.05, 3.63) is 101 Å².